The lowest BCUT2D eigenvalue weighted by atomic mass is 9.70. The number of allylic oxidation sites excluding steroid dienone is 5. The molecule has 6 aliphatic rings. The van der Waals surface area contributed by atoms with Gasteiger partial charge < -0.3 is 42.6 Å². The molecule has 6 rings (SSSR count). The average Bonchev–Trinajstić information content (AvgIpc) is 3.80. The Kier molecular flexibility index (Phi) is 16.4. The summed E-state index contributed by atoms with van der Waals surface area (Å²) in [5.74, 6) is -0.670. The molecule has 0 radical (unpaired) electrons. The van der Waals surface area contributed by atoms with Crippen molar-refractivity contribution in [3.63, 3.8) is 0 Å². The Balaban J connectivity index is 1.19. The fourth-order valence-corrected chi connectivity index (χ4v) is 11.3. The maximum Gasteiger partial charge on any atom is 0.315 e. The van der Waals surface area contributed by atoms with Gasteiger partial charge in [-0.25, -0.2) is 0 Å². The third-order valence-electron chi connectivity index (χ3n) is 14.7. The van der Waals surface area contributed by atoms with E-state index >= 15 is 0 Å². The van der Waals surface area contributed by atoms with Crippen molar-refractivity contribution in [2.75, 3.05) is 42.2 Å². The van der Waals surface area contributed by atoms with Crippen LogP contribution >= 0.6 is 0 Å². The van der Waals surface area contributed by atoms with Gasteiger partial charge in [0.1, 0.15) is 36.6 Å². The Morgan fingerprint density at radius 2 is 1.60 bits per heavy atom. The number of esters is 2. The fraction of sp³-hybridized carbons (Fsp3) is 0.816. The van der Waals surface area contributed by atoms with Crippen LogP contribution in [0, 0.1) is 40.9 Å². The van der Waals surface area contributed by atoms with Crippen molar-refractivity contribution >= 4 is 17.7 Å². The number of likely N-dealkylation sites (N-methyl/N-ethyl adjacent to an activating group) is 1. The highest BCUT2D eigenvalue weighted by Crippen LogP contribution is 2.54. The Bertz CT molecular complexity index is 1640. The summed E-state index contributed by atoms with van der Waals surface area (Å²) in [5, 5.41) is 0. The summed E-state index contributed by atoms with van der Waals surface area (Å²) in [7, 11) is 9.09. The number of cyclic esters (lactones) is 1. The lowest BCUT2D eigenvalue weighted by Crippen LogP contribution is -2.59. The van der Waals surface area contributed by atoms with Gasteiger partial charge in [0.15, 0.2) is 18.4 Å². The summed E-state index contributed by atoms with van der Waals surface area (Å²) in [5.41, 5.74) is 0.139. The third kappa shape index (κ3) is 10.9. The highest BCUT2D eigenvalue weighted by Gasteiger charge is 2.53. The molecule has 0 N–H and O–H groups in total. The molecule has 3 saturated heterocycles. The number of hydrogen-bond acceptors (Lipinski definition) is 12. The summed E-state index contributed by atoms with van der Waals surface area (Å²) in [6.07, 6.45) is 13.4. The van der Waals surface area contributed by atoms with Crippen molar-refractivity contribution in [3.8, 4) is 0 Å². The van der Waals surface area contributed by atoms with Gasteiger partial charge in [0, 0.05) is 46.0 Å². The number of ether oxygens (including phenoxy) is 9. The first-order chi connectivity index (χ1) is 29.4. The van der Waals surface area contributed by atoms with Crippen molar-refractivity contribution in [1.82, 2.24) is 0 Å². The summed E-state index contributed by atoms with van der Waals surface area (Å²) < 4.78 is 56.3. The van der Waals surface area contributed by atoms with E-state index in [1.807, 2.05) is 40.7 Å². The van der Waals surface area contributed by atoms with Crippen LogP contribution in [-0.4, -0.2) is 132 Å². The largest absolute Gasteiger partial charge is 0.458 e. The number of carbonyl (C=O) groups is 3. The first-order valence-corrected chi connectivity index (χ1v) is 23.4. The molecule has 0 aromatic rings. The lowest BCUT2D eigenvalue weighted by molar-refractivity contribution is -0.936. The van der Waals surface area contributed by atoms with Crippen molar-refractivity contribution in [2.45, 2.75) is 174 Å². The van der Waals surface area contributed by atoms with E-state index < -0.39 is 36.1 Å². The van der Waals surface area contributed by atoms with E-state index in [0.717, 1.165) is 25.7 Å². The molecule has 0 spiro atoms. The Hall–Kier alpha value is -2.49. The molecule has 0 aromatic carbocycles. The smallest absolute Gasteiger partial charge is 0.315 e. The number of methoxy groups -OCH3 is 3. The number of ketones is 1. The Morgan fingerprint density at radius 3 is 2.26 bits per heavy atom. The SMILES string of the molecule is CC/C=C/[C@H]1CCC[C@H](OC2CCC([N+](C)(C)COC(=O)C(C)(C)C)C(C)O2)[C@@H](C)C(=O)C2=C[C@H]3[C@@H]4C[C@H](OC5OC(C)C(OC)C(OC)C5OC)C[C@H]4C=C[C@H]3C2CC(=O)O1. The number of nitrogens with zero attached hydrogens (tertiary/aromatic N) is 1. The number of carbonyl (C=O) groups excluding carboxylic acids is 3. The predicted molar refractivity (Wildman–Crippen MR) is 232 cm³/mol. The minimum atomic E-state index is -0.622. The molecule has 9 unspecified atom stereocenters. The zero-order valence-corrected chi connectivity index (χ0v) is 39.6. The second-order valence-corrected chi connectivity index (χ2v) is 20.5. The van der Waals surface area contributed by atoms with Crippen LogP contribution in [0.15, 0.2) is 36.0 Å². The zero-order chi connectivity index (χ0) is 45.1. The normalized spacial score (nSPS) is 40.8. The van der Waals surface area contributed by atoms with Crippen LogP contribution in [0.2, 0.25) is 0 Å². The fourth-order valence-electron chi connectivity index (χ4n) is 11.3. The highest BCUT2D eigenvalue weighted by atomic mass is 16.7. The standard InChI is InChI=1S/C49H78NO12/c1-13-14-16-32-17-15-18-40(62-42-22-21-39(29(3)58-42)50(8,9)27-57-48(53)49(5,6)7)28(2)43(52)38-25-36-34(37(38)26-41(51)60-32)20-19-31-23-33(24-35(31)36)61-47-46(56-12)45(55-11)44(54-10)30(4)59-47/h14,16,19-20,25,28-37,39-40,42,44-47H,13,15,17-18,21-24,26-27H2,1-12H3/q+1/b16-14+/t28-,29?,30?,31-,32+,33-,34-,35-,36-,37?,39?,40+,42?,44?,45?,46?,47?/m1/s1. The second kappa shape index (κ2) is 20.8. The zero-order valence-electron chi connectivity index (χ0n) is 39.6. The molecule has 3 heterocycles. The highest BCUT2D eigenvalue weighted by molar-refractivity contribution is 5.99. The number of quaternary nitrogens is 1. The van der Waals surface area contributed by atoms with Crippen LogP contribution in [0.1, 0.15) is 106 Å². The number of rotatable bonds is 12. The summed E-state index contributed by atoms with van der Waals surface area (Å²) in [6.45, 7) is 13.9. The number of Topliss-reactive ketones (excluding diaryl/α,β-unsaturated/α-hetero) is 1. The minimum absolute atomic E-state index is 0.0118. The lowest BCUT2D eigenvalue weighted by Gasteiger charge is -2.45. The van der Waals surface area contributed by atoms with Crippen molar-refractivity contribution < 1.29 is 61.5 Å². The van der Waals surface area contributed by atoms with Gasteiger partial charge >= 0.3 is 11.9 Å². The monoisotopic (exact) mass is 873 g/mol. The molecule has 62 heavy (non-hydrogen) atoms. The summed E-state index contributed by atoms with van der Waals surface area (Å²) >= 11 is 0. The van der Waals surface area contributed by atoms with Crippen LogP contribution < -0.4 is 0 Å². The molecule has 0 bridgehead atoms. The maximum atomic E-state index is 14.9. The van der Waals surface area contributed by atoms with Crippen LogP contribution in [0.4, 0.5) is 0 Å². The predicted octanol–water partition coefficient (Wildman–Crippen LogP) is 7.11. The van der Waals surface area contributed by atoms with Gasteiger partial charge in [0.25, 0.3) is 0 Å². The van der Waals surface area contributed by atoms with Gasteiger partial charge in [-0.2, -0.15) is 0 Å². The summed E-state index contributed by atoms with van der Waals surface area (Å²) in [6, 6.07) is 0.0921. The van der Waals surface area contributed by atoms with Gasteiger partial charge in [-0.1, -0.05) is 38.2 Å². The molecule has 17 atom stereocenters. The quantitative estimate of drug-likeness (QED) is 0.0857. The van der Waals surface area contributed by atoms with Crippen molar-refractivity contribution in [2.24, 2.45) is 40.9 Å². The Labute approximate surface area is 371 Å². The van der Waals surface area contributed by atoms with E-state index in [9.17, 15) is 14.4 Å². The third-order valence-corrected chi connectivity index (χ3v) is 14.7. The van der Waals surface area contributed by atoms with Gasteiger partial charge in [0.05, 0.1) is 44.2 Å². The van der Waals surface area contributed by atoms with Crippen molar-refractivity contribution in [1.29, 1.82) is 0 Å². The molecule has 4 fully saturated rings. The molecular weight excluding hydrogens is 795 g/mol. The molecular formula is C49H78NO12+. The topological polar surface area (TPSA) is 134 Å². The first kappa shape index (κ1) is 49.0. The minimum Gasteiger partial charge on any atom is -0.458 e. The molecule has 13 nitrogen and oxygen atoms in total. The van der Waals surface area contributed by atoms with E-state index in [2.05, 4.69) is 52.2 Å². The molecule has 1 saturated carbocycles. The molecule has 13 heteroatoms. The van der Waals surface area contributed by atoms with Crippen LogP contribution in [0.25, 0.3) is 0 Å². The molecule has 0 amide bonds. The molecule has 3 aliphatic carbocycles. The van der Waals surface area contributed by atoms with E-state index in [1.54, 1.807) is 21.3 Å². The van der Waals surface area contributed by atoms with E-state index in [-0.39, 0.29) is 103 Å². The van der Waals surface area contributed by atoms with Crippen LogP contribution in [0.3, 0.4) is 0 Å². The van der Waals surface area contributed by atoms with Gasteiger partial charge in [-0.3, -0.25) is 18.9 Å². The van der Waals surface area contributed by atoms with Crippen molar-refractivity contribution in [3.05, 3.63) is 36.0 Å². The Morgan fingerprint density at radius 1 is 0.871 bits per heavy atom. The summed E-state index contributed by atoms with van der Waals surface area (Å²) in [4.78, 5) is 41.3. The molecule has 0 aromatic heterocycles. The van der Waals surface area contributed by atoms with Gasteiger partial charge in [0.2, 0.25) is 6.73 Å². The molecule has 3 aliphatic heterocycles. The van der Waals surface area contributed by atoms with Crippen LogP contribution in [0.5, 0.6) is 0 Å². The maximum absolute atomic E-state index is 14.9. The number of hydrogen-bond donors (Lipinski definition) is 0. The number of fused-ring (bicyclic) bond motifs is 5. The first-order valence-electron chi connectivity index (χ1n) is 23.4. The second-order valence-electron chi connectivity index (χ2n) is 20.5. The molecule has 350 valence electrons. The van der Waals surface area contributed by atoms with Gasteiger partial charge in [-0.15, -0.1) is 0 Å². The average molecular weight is 873 g/mol. The van der Waals surface area contributed by atoms with Gasteiger partial charge in [-0.05, 0) is 108 Å². The van der Waals surface area contributed by atoms with E-state index in [0.29, 0.717) is 35.7 Å². The van der Waals surface area contributed by atoms with E-state index in [1.165, 1.54) is 0 Å². The van der Waals surface area contributed by atoms with E-state index in [4.69, 9.17) is 42.6 Å². The van der Waals surface area contributed by atoms with Crippen LogP contribution in [-0.2, 0) is 57.0 Å².